The molecule has 4 nitrogen and oxygen atoms in total. The number of amides is 2. The molecule has 0 saturated heterocycles. The van der Waals surface area contributed by atoms with Gasteiger partial charge >= 0.3 is 0 Å². The van der Waals surface area contributed by atoms with E-state index in [1.807, 2.05) is 13.8 Å². The molecule has 0 aromatic heterocycles. The standard InChI is InChI=1S/C7H13NO.C4H7NO/c1-5(2)7(9)8-6(3)4;1-3(2)4(5)6/h6H,1H2,2-4H3,(H,8,9);1H2,2H3,(H2,5,6). The van der Waals surface area contributed by atoms with Gasteiger partial charge in [0.25, 0.3) is 0 Å². The molecule has 0 rings (SSSR count). The van der Waals surface area contributed by atoms with Gasteiger partial charge in [0, 0.05) is 17.2 Å². The molecule has 0 saturated carbocycles. The topological polar surface area (TPSA) is 72.2 Å². The van der Waals surface area contributed by atoms with Crippen molar-refractivity contribution in [2.45, 2.75) is 33.7 Å². The van der Waals surface area contributed by atoms with Crippen LogP contribution < -0.4 is 11.1 Å². The van der Waals surface area contributed by atoms with Crippen LogP contribution in [0.4, 0.5) is 0 Å². The normalized spacial score (nSPS) is 8.60. The third-order valence-corrected chi connectivity index (χ3v) is 1.23. The first-order valence-electron chi connectivity index (χ1n) is 4.60. The Kier molecular flexibility index (Phi) is 8.24. The number of hydrogen-bond acceptors (Lipinski definition) is 2. The van der Waals surface area contributed by atoms with E-state index in [1.54, 1.807) is 13.8 Å². The highest BCUT2D eigenvalue weighted by Gasteiger charge is 2.00. The summed E-state index contributed by atoms with van der Waals surface area (Å²) >= 11 is 0. The second-order valence-corrected chi connectivity index (χ2v) is 3.55. The third-order valence-electron chi connectivity index (χ3n) is 1.23. The second kappa shape index (κ2) is 7.79. The molecule has 0 aromatic rings. The van der Waals surface area contributed by atoms with Crippen LogP contribution in [0.3, 0.4) is 0 Å². The Morgan fingerprint density at radius 1 is 1.13 bits per heavy atom. The van der Waals surface area contributed by atoms with Crippen molar-refractivity contribution >= 4 is 11.8 Å². The average Bonchev–Trinajstić information content (AvgIpc) is 2.03. The largest absolute Gasteiger partial charge is 0.366 e. The summed E-state index contributed by atoms with van der Waals surface area (Å²) in [7, 11) is 0. The number of primary amides is 1. The van der Waals surface area contributed by atoms with Crippen LogP contribution in [0.2, 0.25) is 0 Å². The minimum Gasteiger partial charge on any atom is -0.366 e. The Morgan fingerprint density at radius 3 is 1.53 bits per heavy atom. The lowest BCUT2D eigenvalue weighted by molar-refractivity contribution is -0.118. The Bertz CT molecular complexity index is 256. The number of rotatable bonds is 3. The molecular formula is C11H20N2O2. The quantitative estimate of drug-likeness (QED) is 0.688. The van der Waals surface area contributed by atoms with Gasteiger partial charge in [-0.2, -0.15) is 0 Å². The maximum atomic E-state index is 10.7. The van der Waals surface area contributed by atoms with Gasteiger partial charge in [0.05, 0.1) is 0 Å². The van der Waals surface area contributed by atoms with Gasteiger partial charge in [-0.15, -0.1) is 0 Å². The fourth-order valence-electron chi connectivity index (χ4n) is 0.385. The predicted octanol–water partition coefficient (Wildman–Crippen LogP) is 1.13. The molecule has 2 amide bonds. The van der Waals surface area contributed by atoms with E-state index >= 15 is 0 Å². The van der Waals surface area contributed by atoms with Gasteiger partial charge in [-0.1, -0.05) is 13.2 Å². The monoisotopic (exact) mass is 212 g/mol. The van der Waals surface area contributed by atoms with Gasteiger partial charge < -0.3 is 11.1 Å². The first-order chi connectivity index (χ1) is 6.68. The van der Waals surface area contributed by atoms with E-state index in [2.05, 4.69) is 18.5 Å². The second-order valence-electron chi connectivity index (χ2n) is 3.55. The van der Waals surface area contributed by atoms with Crippen molar-refractivity contribution < 1.29 is 9.59 Å². The Balaban J connectivity index is 0. The van der Waals surface area contributed by atoms with Crippen molar-refractivity contribution in [3.63, 3.8) is 0 Å². The smallest absolute Gasteiger partial charge is 0.246 e. The molecule has 0 bridgehead atoms. The lowest BCUT2D eigenvalue weighted by Gasteiger charge is -2.06. The van der Waals surface area contributed by atoms with Crippen molar-refractivity contribution in [1.29, 1.82) is 0 Å². The van der Waals surface area contributed by atoms with E-state index in [-0.39, 0.29) is 11.9 Å². The van der Waals surface area contributed by atoms with E-state index in [0.717, 1.165) is 0 Å². The molecule has 0 atom stereocenters. The van der Waals surface area contributed by atoms with Crippen LogP contribution >= 0.6 is 0 Å². The summed E-state index contributed by atoms with van der Waals surface area (Å²) in [5, 5.41) is 2.70. The van der Waals surface area contributed by atoms with Crippen molar-refractivity contribution in [1.82, 2.24) is 5.32 Å². The third kappa shape index (κ3) is 12.4. The van der Waals surface area contributed by atoms with Gasteiger partial charge in [0.2, 0.25) is 11.8 Å². The average molecular weight is 212 g/mol. The van der Waals surface area contributed by atoms with Crippen molar-refractivity contribution in [3.05, 3.63) is 24.3 Å². The zero-order valence-corrected chi connectivity index (χ0v) is 9.89. The number of carbonyl (C=O) groups is 2. The van der Waals surface area contributed by atoms with Gasteiger partial charge in [0.15, 0.2) is 0 Å². The molecule has 0 aliphatic rings. The van der Waals surface area contributed by atoms with E-state index in [9.17, 15) is 9.59 Å². The minimum atomic E-state index is -0.435. The van der Waals surface area contributed by atoms with Crippen LogP contribution in [0, 0.1) is 0 Å². The van der Waals surface area contributed by atoms with Crippen LogP contribution in [-0.4, -0.2) is 17.9 Å². The fourth-order valence-corrected chi connectivity index (χ4v) is 0.385. The summed E-state index contributed by atoms with van der Waals surface area (Å²) < 4.78 is 0. The number of hydrogen-bond donors (Lipinski definition) is 2. The molecular weight excluding hydrogens is 192 g/mol. The van der Waals surface area contributed by atoms with E-state index < -0.39 is 5.91 Å². The van der Waals surface area contributed by atoms with Gasteiger partial charge in [-0.3, -0.25) is 9.59 Å². The molecule has 86 valence electrons. The van der Waals surface area contributed by atoms with E-state index in [1.165, 1.54) is 0 Å². The van der Waals surface area contributed by atoms with Gasteiger partial charge in [-0.05, 0) is 27.7 Å². The zero-order chi connectivity index (χ0) is 12.6. The number of nitrogens with one attached hydrogen (secondary N) is 1. The molecule has 0 aromatic carbocycles. The maximum Gasteiger partial charge on any atom is 0.246 e. The molecule has 0 aliphatic carbocycles. The molecule has 3 N–H and O–H groups in total. The molecule has 0 spiro atoms. The van der Waals surface area contributed by atoms with Crippen LogP contribution in [0.1, 0.15) is 27.7 Å². The fraction of sp³-hybridized carbons (Fsp3) is 0.455. The molecule has 15 heavy (non-hydrogen) atoms. The van der Waals surface area contributed by atoms with E-state index in [4.69, 9.17) is 5.73 Å². The highest BCUT2D eigenvalue weighted by Crippen LogP contribution is 1.87. The molecule has 0 radical (unpaired) electrons. The number of nitrogens with two attached hydrogens (primary N) is 1. The van der Waals surface area contributed by atoms with Crippen LogP contribution in [0.25, 0.3) is 0 Å². The van der Waals surface area contributed by atoms with Gasteiger partial charge in [-0.25, -0.2) is 0 Å². The van der Waals surface area contributed by atoms with Crippen LogP contribution in [0.5, 0.6) is 0 Å². The minimum absolute atomic E-state index is 0.0648. The SMILES string of the molecule is C=C(C)C(=O)NC(C)C.C=C(C)C(N)=O. The Morgan fingerprint density at radius 2 is 1.47 bits per heavy atom. The molecule has 4 heteroatoms. The van der Waals surface area contributed by atoms with Crippen molar-refractivity contribution in [3.8, 4) is 0 Å². The lowest BCUT2D eigenvalue weighted by Crippen LogP contribution is -2.30. The summed E-state index contributed by atoms with van der Waals surface area (Å²) in [5.74, 6) is -0.500. The van der Waals surface area contributed by atoms with Crippen LogP contribution in [-0.2, 0) is 9.59 Å². The summed E-state index contributed by atoms with van der Waals surface area (Å²) in [6, 6.07) is 0.203. The lowest BCUT2D eigenvalue weighted by atomic mass is 10.3. The summed E-state index contributed by atoms with van der Waals surface area (Å²) in [5.41, 5.74) is 5.65. The first-order valence-corrected chi connectivity index (χ1v) is 4.60. The maximum absolute atomic E-state index is 10.7. The molecule has 0 fully saturated rings. The first kappa shape index (κ1) is 15.9. The van der Waals surface area contributed by atoms with Gasteiger partial charge in [0.1, 0.15) is 0 Å². The Hall–Kier alpha value is -1.58. The molecule has 0 aliphatic heterocycles. The van der Waals surface area contributed by atoms with Crippen LogP contribution in [0.15, 0.2) is 24.3 Å². The van der Waals surface area contributed by atoms with Crippen molar-refractivity contribution in [2.75, 3.05) is 0 Å². The van der Waals surface area contributed by atoms with Crippen molar-refractivity contribution in [2.24, 2.45) is 5.73 Å². The van der Waals surface area contributed by atoms with E-state index in [0.29, 0.717) is 11.1 Å². The highest BCUT2D eigenvalue weighted by molar-refractivity contribution is 5.92. The number of carbonyl (C=O) groups excluding carboxylic acids is 2. The Labute approximate surface area is 91.2 Å². The highest BCUT2D eigenvalue weighted by atomic mass is 16.2. The summed E-state index contributed by atoms with van der Waals surface area (Å²) in [6.07, 6.45) is 0. The molecule has 0 heterocycles. The molecule has 0 unspecified atom stereocenters. The summed E-state index contributed by atoms with van der Waals surface area (Å²) in [4.78, 5) is 20.6. The summed E-state index contributed by atoms with van der Waals surface area (Å²) in [6.45, 7) is 13.9. The zero-order valence-electron chi connectivity index (χ0n) is 9.89. The predicted molar refractivity (Wildman–Crippen MR) is 62.1 cm³/mol.